The van der Waals surface area contributed by atoms with Crippen LogP contribution in [-0.4, -0.2) is 25.8 Å². The van der Waals surface area contributed by atoms with Crippen molar-refractivity contribution in [1.29, 1.82) is 0 Å². The third-order valence-corrected chi connectivity index (χ3v) is 6.03. The molecule has 2 rings (SSSR count). The van der Waals surface area contributed by atoms with Crippen LogP contribution in [-0.2, 0) is 10.0 Å². The van der Waals surface area contributed by atoms with E-state index in [1.807, 2.05) is 19.9 Å². The second-order valence-corrected chi connectivity index (χ2v) is 7.24. The van der Waals surface area contributed by atoms with Crippen molar-refractivity contribution >= 4 is 26.0 Å². The monoisotopic (exact) mass is 317 g/mol. The fourth-order valence-electron chi connectivity index (χ4n) is 2.15. The summed E-state index contributed by atoms with van der Waals surface area (Å²) >= 11 is 3.40. The molecular weight excluding hydrogens is 302 g/mol. The summed E-state index contributed by atoms with van der Waals surface area (Å²) in [5.41, 5.74) is 1.88. The second kappa shape index (κ2) is 4.71. The number of aryl methyl sites for hydroxylation is 2. The maximum atomic E-state index is 12.4. The highest BCUT2D eigenvalue weighted by molar-refractivity contribution is 9.10. The SMILES string of the molecule is Cc1cc(C)c(S(=O)(=O)N2CCCC2)cc1Br. The molecule has 3 nitrogen and oxygen atoms in total. The van der Waals surface area contributed by atoms with Gasteiger partial charge in [-0.05, 0) is 43.9 Å². The van der Waals surface area contributed by atoms with Crippen LogP contribution in [0.2, 0.25) is 0 Å². The Labute approximate surface area is 111 Å². The number of benzene rings is 1. The number of rotatable bonds is 2. The highest BCUT2D eigenvalue weighted by Gasteiger charge is 2.28. The van der Waals surface area contributed by atoms with E-state index in [0.29, 0.717) is 18.0 Å². The summed E-state index contributed by atoms with van der Waals surface area (Å²) in [4.78, 5) is 0.428. The zero-order valence-corrected chi connectivity index (χ0v) is 12.4. The molecule has 1 aromatic carbocycles. The fourth-order valence-corrected chi connectivity index (χ4v) is 4.40. The van der Waals surface area contributed by atoms with Crippen molar-refractivity contribution in [2.45, 2.75) is 31.6 Å². The van der Waals surface area contributed by atoms with Gasteiger partial charge in [0, 0.05) is 17.6 Å². The number of nitrogens with zero attached hydrogens (tertiary/aromatic N) is 1. The second-order valence-electron chi connectivity index (χ2n) is 4.48. The molecule has 0 saturated carbocycles. The molecule has 1 saturated heterocycles. The van der Waals surface area contributed by atoms with E-state index >= 15 is 0 Å². The number of sulfonamides is 1. The molecule has 1 aromatic rings. The minimum absolute atomic E-state index is 0.428. The zero-order valence-electron chi connectivity index (χ0n) is 10.0. The Balaban J connectivity index is 2.49. The van der Waals surface area contributed by atoms with Gasteiger partial charge >= 0.3 is 0 Å². The van der Waals surface area contributed by atoms with Gasteiger partial charge in [-0.1, -0.05) is 22.0 Å². The fraction of sp³-hybridized carbons (Fsp3) is 0.500. The molecule has 0 unspecified atom stereocenters. The minimum atomic E-state index is -3.31. The lowest BCUT2D eigenvalue weighted by molar-refractivity contribution is 0.477. The van der Waals surface area contributed by atoms with Crippen LogP contribution in [0.4, 0.5) is 0 Å². The Morgan fingerprint density at radius 2 is 1.71 bits per heavy atom. The molecule has 0 atom stereocenters. The van der Waals surface area contributed by atoms with Gasteiger partial charge in [0.05, 0.1) is 4.90 Å². The Morgan fingerprint density at radius 1 is 1.12 bits per heavy atom. The predicted molar refractivity (Wildman–Crippen MR) is 71.6 cm³/mol. The molecule has 17 heavy (non-hydrogen) atoms. The van der Waals surface area contributed by atoms with Crippen LogP contribution in [0.25, 0.3) is 0 Å². The van der Waals surface area contributed by atoms with Crippen molar-refractivity contribution in [1.82, 2.24) is 4.31 Å². The average Bonchev–Trinajstić information content (AvgIpc) is 2.77. The minimum Gasteiger partial charge on any atom is -0.207 e. The first-order valence-electron chi connectivity index (χ1n) is 5.70. The summed E-state index contributed by atoms with van der Waals surface area (Å²) in [7, 11) is -3.31. The molecule has 1 heterocycles. The molecule has 0 bridgehead atoms. The lowest BCUT2D eigenvalue weighted by Gasteiger charge is -2.17. The molecule has 0 amide bonds. The lowest BCUT2D eigenvalue weighted by Crippen LogP contribution is -2.28. The molecule has 0 N–H and O–H groups in total. The summed E-state index contributed by atoms with van der Waals surface area (Å²) in [5, 5.41) is 0. The average molecular weight is 318 g/mol. The van der Waals surface area contributed by atoms with E-state index in [9.17, 15) is 8.42 Å². The Morgan fingerprint density at radius 3 is 2.29 bits per heavy atom. The van der Waals surface area contributed by atoms with Crippen LogP contribution in [0.1, 0.15) is 24.0 Å². The molecule has 0 radical (unpaired) electrons. The Kier molecular flexibility index (Phi) is 3.61. The molecule has 94 valence electrons. The molecule has 5 heteroatoms. The number of halogens is 1. The van der Waals surface area contributed by atoms with Gasteiger partial charge in [0.1, 0.15) is 0 Å². The van der Waals surface area contributed by atoms with Crippen LogP contribution in [0.3, 0.4) is 0 Å². The molecule has 1 fully saturated rings. The van der Waals surface area contributed by atoms with Crippen molar-refractivity contribution in [2.24, 2.45) is 0 Å². The zero-order chi connectivity index (χ0) is 12.6. The summed E-state index contributed by atoms with van der Waals surface area (Å²) in [6.07, 6.45) is 1.93. The van der Waals surface area contributed by atoms with E-state index in [4.69, 9.17) is 0 Å². The quantitative estimate of drug-likeness (QED) is 0.841. The summed E-state index contributed by atoms with van der Waals surface area (Å²) in [6, 6.07) is 3.63. The first-order valence-corrected chi connectivity index (χ1v) is 7.93. The van der Waals surface area contributed by atoms with Crippen LogP contribution < -0.4 is 0 Å². The van der Waals surface area contributed by atoms with E-state index in [-0.39, 0.29) is 0 Å². The summed E-state index contributed by atoms with van der Waals surface area (Å²) in [6.45, 7) is 5.10. The summed E-state index contributed by atoms with van der Waals surface area (Å²) in [5.74, 6) is 0. The van der Waals surface area contributed by atoms with E-state index in [1.54, 1.807) is 10.4 Å². The van der Waals surface area contributed by atoms with Gasteiger partial charge in [-0.15, -0.1) is 0 Å². The molecule has 1 aliphatic rings. The van der Waals surface area contributed by atoms with Crippen molar-refractivity contribution in [3.63, 3.8) is 0 Å². The Hall–Kier alpha value is -0.390. The Bertz CT molecular complexity index is 534. The maximum absolute atomic E-state index is 12.4. The molecular formula is C12H16BrNO2S. The number of hydrogen-bond acceptors (Lipinski definition) is 2. The first kappa shape index (κ1) is 13.1. The predicted octanol–water partition coefficient (Wildman–Crippen LogP) is 2.85. The third-order valence-electron chi connectivity index (χ3n) is 3.14. The maximum Gasteiger partial charge on any atom is 0.243 e. The lowest BCUT2D eigenvalue weighted by atomic mass is 10.2. The van der Waals surface area contributed by atoms with Gasteiger partial charge < -0.3 is 0 Å². The highest BCUT2D eigenvalue weighted by Crippen LogP contribution is 2.28. The van der Waals surface area contributed by atoms with Crippen LogP contribution in [0, 0.1) is 13.8 Å². The smallest absolute Gasteiger partial charge is 0.207 e. The first-order chi connectivity index (χ1) is 7.93. The van der Waals surface area contributed by atoms with Crippen molar-refractivity contribution in [3.05, 3.63) is 27.7 Å². The van der Waals surface area contributed by atoms with Crippen molar-refractivity contribution in [3.8, 4) is 0 Å². The topological polar surface area (TPSA) is 37.4 Å². The standard InChI is InChI=1S/C12H16BrNO2S/c1-9-7-10(2)12(8-11(9)13)17(15,16)14-5-3-4-6-14/h7-8H,3-6H2,1-2H3. The van der Waals surface area contributed by atoms with E-state index in [2.05, 4.69) is 15.9 Å². The van der Waals surface area contributed by atoms with E-state index < -0.39 is 10.0 Å². The summed E-state index contributed by atoms with van der Waals surface area (Å²) < 4.78 is 27.3. The van der Waals surface area contributed by atoms with Gasteiger partial charge in [-0.25, -0.2) is 8.42 Å². The highest BCUT2D eigenvalue weighted by atomic mass is 79.9. The van der Waals surface area contributed by atoms with Crippen LogP contribution in [0.15, 0.2) is 21.5 Å². The van der Waals surface area contributed by atoms with Gasteiger partial charge in [0.15, 0.2) is 0 Å². The molecule has 1 aliphatic heterocycles. The van der Waals surface area contributed by atoms with Crippen molar-refractivity contribution < 1.29 is 8.42 Å². The van der Waals surface area contributed by atoms with E-state index in [1.165, 1.54) is 0 Å². The molecule has 0 aliphatic carbocycles. The van der Waals surface area contributed by atoms with E-state index in [0.717, 1.165) is 28.4 Å². The largest absolute Gasteiger partial charge is 0.243 e. The van der Waals surface area contributed by atoms with Crippen LogP contribution in [0.5, 0.6) is 0 Å². The molecule has 0 aromatic heterocycles. The van der Waals surface area contributed by atoms with Gasteiger partial charge in [0.2, 0.25) is 10.0 Å². The van der Waals surface area contributed by atoms with Crippen molar-refractivity contribution in [2.75, 3.05) is 13.1 Å². The van der Waals surface area contributed by atoms with Gasteiger partial charge in [-0.2, -0.15) is 4.31 Å². The normalized spacial score (nSPS) is 17.6. The van der Waals surface area contributed by atoms with Crippen LogP contribution >= 0.6 is 15.9 Å². The molecule has 0 spiro atoms. The third kappa shape index (κ3) is 2.41. The van der Waals surface area contributed by atoms with Gasteiger partial charge in [0.25, 0.3) is 0 Å². The number of hydrogen-bond donors (Lipinski definition) is 0. The van der Waals surface area contributed by atoms with Gasteiger partial charge in [-0.3, -0.25) is 0 Å².